The van der Waals surface area contributed by atoms with E-state index in [0.29, 0.717) is 19.4 Å². The third-order valence-electron chi connectivity index (χ3n) is 4.62. The standard InChI is InChI=1S/C16H21N7O8S2/c17-5-6-18-14-20-15(22-16(21-14)23-7-1-2-11(23)13(24)25)19-10-8-9(32(26,27)28)3-4-12(10)33(29,30)31/h3-4,8,11H,1-2,5-7,17H2,(H,24,25)(H,26,27,28)(H,29,30,31)(H2,18,19,20,21,22). The molecule has 1 fully saturated rings. The van der Waals surface area contributed by atoms with Crippen LogP contribution in [0.15, 0.2) is 28.0 Å². The van der Waals surface area contributed by atoms with Crippen molar-refractivity contribution in [3.05, 3.63) is 18.2 Å². The molecule has 0 aliphatic carbocycles. The van der Waals surface area contributed by atoms with Crippen LogP contribution in [0.2, 0.25) is 0 Å². The summed E-state index contributed by atoms with van der Waals surface area (Å²) in [5, 5.41) is 14.8. The van der Waals surface area contributed by atoms with Crippen LogP contribution in [0, 0.1) is 0 Å². The van der Waals surface area contributed by atoms with Crippen molar-refractivity contribution in [2.45, 2.75) is 28.7 Å². The number of aromatic nitrogens is 3. The van der Waals surface area contributed by atoms with Gasteiger partial charge in [0.1, 0.15) is 10.9 Å². The van der Waals surface area contributed by atoms with E-state index in [1.807, 2.05) is 0 Å². The van der Waals surface area contributed by atoms with E-state index in [4.69, 9.17) is 5.73 Å². The number of nitrogens with zero attached hydrogens (tertiary/aromatic N) is 4. The molecule has 0 saturated carbocycles. The quantitative estimate of drug-likeness (QED) is 0.237. The van der Waals surface area contributed by atoms with Gasteiger partial charge in [0, 0.05) is 19.6 Å². The predicted molar refractivity (Wildman–Crippen MR) is 115 cm³/mol. The largest absolute Gasteiger partial charge is 0.480 e. The summed E-state index contributed by atoms with van der Waals surface area (Å²) in [5.41, 5.74) is 5.02. The van der Waals surface area contributed by atoms with E-state index >= 15 is 0 Å². The van der Waals surface area contributed by atoms with Crippen molar-refractivity contribution < 1.29 is 35.8 Å². The minimum absolute atomic E-state index is 0.0108. The normalized spacial score (nSPS) is 16.6. The van der Waals surface area contributed by atoms with Crippen LogP contribution in [-0.2, 0) is 25.0 Å². The minimum Gasteiger partial charge on any atom is -0.480 e. The van der Waals surface area contributed by atoms with E-state index in [1.165, 1.54) is 4.90 Å². The molecule has 7 N–H and O–H groups in total. The predicted octanol–water partition coefficient (Wildman–Crippen LogP) is -0.467. The molecule has 0 spiro atoms. The van der Waals surface area contributed by atoms with Gasteiger partial charge < -0.3 is 26.4 Å². The topological polar surface area (TPSA) is 238 Å². The van der Waals surface area contributed by atoms with Gasteiger partial charge in [-0.25, -0.2) is 4.79 Å². The molecule has 180 valence electrons. The van der Waals surface area contributed by atoms with Crippen LogP contribution in [0.25, 0.3) is 0 Å². The molecular weight excluding hydrogens is 482 g/mol. The third-order valence-corrected chi connectivity index (χ3v) is 6.38. The van der Waals surface area contributed by atoms with E-state index in [0.717, 1.165) is 18.2 Å². The molecule has 1 saturated heterocycles. The van der Waals surface area contributed by atoms with Crippen LogP contribution in [0.5, 0.6) is 0 Å². The Labute approximate surface area is 188 Å². The molecule has 3 rings (SSSR count). The highest BCUT2D eigenvalue weighted by Gasteiger charge is 2.33. The van der Waals surface area contributed by atoms with Crippen LogP contribution in [0.1, 0.15) is 12.8 Å². The fourth-order valence-electron chi connectivity index (χ4n) is 3.19. The monoisotopic (exact) mass is 503 g/mol. The molecule has 1 aromatic carbocycles. The highest BCUT2D eigenvalue weighted by molar-refractivity contribution is 7.86. The lowest BCUT2D eigenvalue weighted by Gasteiger charge is -2.22. The van der Waals surface area contributed by atoms with E-state index in [2.05, 4.69) is 25.6 Å². The summed E-state index contributed by atoms with van der Waals surface area (Å²) in [5.74, 6) is -1.40. The molecule has 1 aliphatic heterocycles. The maximum atomic E-state index is 11.8. The highest BCUT2D eigenvalue weighted by atomic mass is 32.2. The SMILES string of the molecule is NCCNc1nc(Nc2cc(S(=O)(=O)O)ccc2S(=O)(=O)O)nc(N2CCCC2C(=O)O)n1. The van der Waals surface area contributed by atoms with Gasteiger partial charge in [0.2, 0.25) is 17.8 Å². The minimum atomic E-state index is -4.82. The molecule has 0 amide bonds. The average molecular weight is 504 g/mol. The van der Waals surface area contributed by atoms with Gasteiger partial charge in [-0.2, -0.15) is 31.8 Å². The molecule has 2 heterocycles. The number of hydrogen-bond acceptors (Lipinski definition) is 12. The summed E-state index contributed by atoms with van der Waals surface area (Å²) >= 11 is 0. The molecule has 0 bridgehead atoms. The Kier molecular flexibility index (Phi) is 6.98. The van der Waals surface area contributed by atoms with Crippen molar-refractivity contribution in [3.63, 3.8) is 0 Å². The molecular formula is C16H21N7O8S2. The molecule has 17 heteroatoms. The third kappa shape index (κ3) is 5.82. The first-order chi connectivity index (χ1) is 15.4. The molecule has 2 aromatic rings. The summed E-state index contributed by atoms with van der Waals surface area (Å²) in [7, 11) is -9.52. The van der Waals surface area contributed by atoms with Crippen molar-refractivity contribution in [2.24, 2.45) is 5.73 Å². The Morgan fingerprint density at radius 3 is 2.42 bits per heavy atom. The molecule has 33 heavy (non-hydrogen) atoms. The fourth-order valence-corrected chi connectivity index (χ4v) is 4.32. The number of carboxylic acids is 1. The van der Waals surface area contributed by atoms with Crippen molar-refractivity contribution >= 4 is 49.7 Å². The maximum Gasteiger partial charge on any atom is 0.326 e. The number of carboxylic acid groups (broad SMARTS) is 1. The Morgan fingerprint density at radius 2 is 1.82 bits per heavy atom. The molecule has 1 atom stereocenters. The number of rotatable bonds is 9. The van der Waals surface area contributed by atoms with Crippen LogP contribution in [-0.4, -0.2) is 77.6 Å². The van der Waals surface area contributed by atoms with Gasteiger partial charge >= 0.3 is 5.97 Å². The zero-order valence-corrected chi connectivity index (χ0v) is 18.5. The molecule has 1 unspecified atom stereocenters. The summed E-state index contributed by atoms with van der Waals surface area (Å²) in [4.78, 5) is 24.0. The lowest BCUT2D eigenvalue weighted by atomic mass is 10.2. The van der Waals surface area contributed by atoms with Gasteiger partial charge in [0.15, 0.2) is 0 Å². The Bertz CT molecular complexity index is 1270. The van der Waals surface area contributed by atoms with Crippen molar-refractivity contribution in [1.29, 1.82) is 0 Å². The van der Waals surface area contributed by atoms with Crippen LogP contribution in [0.3, 0.4) is 0 Å². The van der Waals surface area contributed by atoms with Gasteiger partial charge in [-0.1, -0.05) is 0 Å². The number of benzene rings is 1. The first kappa shape index (κ1) is 24.5. The Hall–Kier alpha value is -3.12. The number of aliphatic carboxylic acids is 1. The lowest BCUT2D eigenvalue weighted by molar-refractivity contribution is -0.138. The second kappa shape index (κ2) is 9.40. The van der Waals surface area contributed by atoms with Crippen LogP contribution >= 0.6 is 0 Å². The van der Waals surface area contributed by atoms with Crippen molar-refractivity contribution in [3.8, 4) is 0 Å². The number of anilines is 4. The first-order valence-corrected chi connectivity index (χ1v) is 12.3. The van der Waals surface area contributed by atoms with Crippen molar-refractivity contribution in [1.82, 2.24) is 15.0 Å². The smallest absolute Gasteiger partial charge is 0.326 e. The molecule has 1 aliphatic rings. The second-order valence-electron chi connectivity index (χ2n) is 6.92. The zero-order chi connectivity index (χ0) is 24.4. The summed E-state index contributed by atoms with van der Waals surface area (Å²) in [6.45, 7) is 0.805. The number of nitrogens with one attached hydrogen (secondary N) is 2. The Balaban J connectivity index is 2.10. The van der Waals surface area contributed by atoms with Gasteiger partial charge in [0.05, 0.1) is 10.6 Å². The maximum absolute atomic E-state index is 11.8. The highest BCUT2D eigenvalue weighted by Crippen LogP contribution is 2.29. The van der Waals surface area contributed by atoms with Crippen molar-refractivity contribution in [2.75, 3.05) is 35.2 Å². The molecule has 1 aromatic heterocycles. The van der Waals surface area contributed by atoms with E-state index in [9.17, 15) is 35.8 Å². The Morgan fingerprint density at radius 1 is 1.12 bits per heavy atom. The lowest BCUT2D eigenvalue weighted by Crippen LogP contribution is -2.37. The van der Waals surface area contributed by atoms with Crippen LogP contribution < -0.4 is 21.3 Å². The van der Waals surface area contributed by atoms with Crippen LogP contribution in [0.4, 0.5) is 23.5 Å². The first-order valence-electron chi connectivity index (χ1n) is 9.45. The summed E-state index contributed by atoms with van der Waals surface area (Å²) in [6.07, 6.45) is 0.929. The zero-order valence-electron chi connectivity index (χ0n) is 16.9. The van der Waals surface area contributed by atoms with Gasteiger partial charge in [-0.15, -0.1) is 0 Å². The van der Waals surface area contributed by atoms with Gasteiger partial charge in [-0.3, -0.25) is 9.11 Å². The van der Waals surface area contributed by atoms with E-state index in [1.54, 1.807) is 0 Å². The molecule has 0 radical (unpaired) electrons. The summed E-state index contributed by atoms with van der Waals surface area (Å²) < 4.78 is 65.3. The fraction of sp³-hybridized carbons (Fsp3) is 0.375. The van der Waals surface area contributed by atoms with E-state index < -0.39 is 47.7 Å². The molecule has 15 nitrogen and oxygen atoms in total. The van der Waals surface area contributed by atoms with Gasteiger partial charge in [0.25, 0.3) is 20.2 Å². The van der Waals surface area contributed by atoms with Gasteiger partial charge in [-0.05, 0) is 31.0 Å². The number of carbonyl (C=O) groups is 1. The summed E-state index contributed by atoms with van der Waals surface area (Å²) in [6, 6.07) is 1.44. The van der Waals surface area contributed by atoms with E-state index in [-0.39, 0.29) is 30.9 Å². The number of nitrogens with two attached hydrogens (primary N) is 1. The average Bonchev–Trinajstić information content (AvgIpc) is 3.21. The second-order valence-corrected chi connectivity index (χ2v) is 9.73. The number of hydrogen-bond donors (Lipinski definition) is 6.